The van der Waals surface area contributed by atoms with E-state index >= 15 is 0 Å². The molecule has 10 heteroatoms. The van der Waals surface area contributed by atoms with Crippen LogP contribution in [0, 0.1) is 0 Å². The standard InChI is InChI=1S/C20H21ClF3N3O3/c1-13(27-10-18(26-12-27)14-2-4-15(21)5-3-14)6-7-25-19(28)11-29-16-8-17(9-16)30-20(22,23)24/h2-5,10,12,16-17H,1,6-9,11H2,(H,25,28). The van der Waals surface area contributed by atoms with Crippen molar-refractivity contribution in [2.75, 3.05) is 13.2 Å². The van der Waals surface area contributed by atoms with Crippen LogP contribution in [0.15, 0.2) is 43.4 Å². The number of alkyl halides is 3. The first-order valence-electron chi connectivity index (χ1n) is 9.30. The molecule has 1 fully saturated rings. The molecule has 1 amide bonds. The molecule has 0 saturated heterocycles. The van der Waals surface area contributed by atoms with Gasteiger partial charge in [-0.1, -0.05) is 30.3 Å². The smallest absolute Gasteiger partial charge is 0.368 e. The molecule has 1 aromatic heterocycles. The van der Waals surface area contributed by atoms with Crippen LogP contribution < -0.4 is 5.32 Å². The summed E-state index contributed by atoms with van der Waals surface area (Å²) in [5.74, 6) is -0.338. The fraction of sp³-hybridized carbons (Fsp3) is 0.400. The van der Waals surface area contributed by atoms with Gasteiger partial charge in [0.2, 0.25) is 5.91 Å². The third-order valence-corrected chi connectivity index (χ3v) is 4.88. The summed E-state index contributed by atoms with van der Waals surface area (Å²) in [7, 11) is 0. The molecule has 30 heavy (non-hydrogen) atoms. The van der Waals surface area contributed by atoms with Gasteiger partial charge in [-0.15, -0.1) is 13.2 Å². The van der Waals surface area contributed by atoms with Gasteiger partial charge in [-0.2, -0.15) is 0 Å². The topological polar surface area (TPSA) is 65.4 Å². The van der Waals surface area contributed by atoms with E-state index in [-0.39, 0.29) is 25.4 Å². The van der Waals surface area contributed by atoms with Crippen LogP contribution in [-0.2, 0) is 14.3 Å². The molecule has 0 radical (unpaired) electrons. The van der Waals surface area contributed by atoms with Crippen molar-refractivity contribution in [3.8, 4) is 11.3 Å². The molecule has 6 nitrogen and oxygen atoms in total. The summed E-state index contributed by atoms with van der Waals surface area (Å²) in [6, 6.07) is 7.32. The summed E-state index contributed by atoms with van der Waals surface area (Å²) in [5, 5.41) is 3.34. The zero-order valence-corrected chi connectivity index (χ0v) is 16.7. The lowest BCUT2D eigenvalue weighted by molar-refractivity contribution is -0.357. The number of rotatable bonds is 9. The maximum absolute atomic E-state index is 12.1. The highest BCUT2D eigenvalue weighted by Crippen LogP contribution is 2.32. The van der Waals surface area contributed by atoms with Gasteiger partial charge in [0.05, 0.1) is 24.2 Å². The second-order valence-corrected chi connectivity index (χ2v) is 7.37. The Morgan fingerprint density at radius 1 is 1.27 bits per heavy atom. The lowest BCUT2D eigenvalue weighted by Gasteiger charge is -2.34. The molecule has 1 heterocycles. The number of imidazole rings is 1. The first kappa shape index (κ1) is 22.3. The second kappa shape index (κ2) is 9.63. The van der Waals surface area contributed by atoms with Gasteiger partial charge in [-0.3, -0.25) is 9.53 Å². The molecule has 1 aromatic carbocycles. The molecule has 1 aliphatic rings. The number of hydrogen-bond donors (Lipinski definition) is 1. The zero-order valence-electron chi connectivity index (χ0n) is 16.0. The van der Waals surface area contributed by atoms with E-state index in [2.05, 4.69) is 21.6 Å². The fourth-order valence-electron chi connectivity index (χ4n) is 2.92. The van der Waals surface area contributed by atoms with Gasteiger partial charge in [0.25, 0.3) is 0 Å². The summed E-state index contributed by atoms with van der Waals surface area (Å²) >= 11 is 5.89. The molecule has 0 unspecified atom stereocenters. The van der Waals surface area contributed by atoms with Crippen molar-refractivity contribution in [3.05, 3.63) is 48.4 Å². The van der Waals surface area contributed by atoms with E-state index in [1.54, 1.807) is 23.0 Å². The van der Waals surface area contributed by atoms with Crippen molar-refractivity contribution in [3.63, 3.8) is 0 Å². The maximum atomic E-state index is 12.1. The summed E-state index contributed by atoms with van der Waals surface area (Å²) in [6.45, 7) is 4.13. The quantitative estimate of drug-likeness (QED) is 0.628. The van der Waals surface area contributed by atoms with Crippen LogP contribution in [0.4, 0.5) is 13.2 Å². The number of halogens is 4. The van der Waals surface area contributed by atoms with Gasteiger partial charge in [-0.05, 0) is 12.1 Å². The van der Waals surface area contributed by atoms with E-state index < -0.39 is 18.6 Å². The molecule has 3 rings (SSSR count). The summed E-state index contributed by atoms with van der Waals surface area (Å²) < 4.78 is 47.1. The highest BCUT2D eigenvalue weighted by molar-refractivity contribution is 6.30. The Kier molecular flexibility index (Phi) is 7.17. The number of amides is 1. The van der Waals surface area contributed by atoms with Crippen LogP contribution in [0.3, 0.4) is 0 Å². The molecule has 162 valence electrons. The predicted molar refractivity (Wildman–Crippen MR) is 106 cm³/mol. The van der Waals surface area contributed by atoms with Crippen LogP contribution in [-0.4, -0.2) is 47.2 Å². The Morgan fingerprint density at radius 3 is 2.63 bits per heavy atom. The van der Waals surface area contributed by atoms with Crippen molar-refractivity contribution in [2.45, 2.75) is 37.8 Å². The predicted octanol–water partition coefficient (Wildman–Crippen LogP) is 4.26. The minimum Gasteiger partial charge on any atom is -0.368 e. The van der Waals surface area contributed by atoms with E-state index in [0.717, 1.165) is 17.0 Å². The zero-order chi connectivity index (χ0) is 21.7. The first-order valence-corrected chi connectivity index (χ1v) is 9.68. The van der Waals surface area contributed by atoms with Gasteiger partial charge in [0, 0.05) is 48.3 Å². The third-order valence-electron chi connectivity index (χ3n) is 4.63. The number of carbonyl (C=O) groups is 1. The van der Waals surface area contributed by atoms with E-state index in [4.69, 9.17) is 16.3 Å². The summed E-state index contributed by atoms with van der Waals surface area (Å²) in [6.07, 6.45) is -1.70. The average Bonchev–Trinajstić information content (AvgIpc) is 3.13. The molecule has 1 aliphatic carbocycles. The molecular weight excluding hydrogens is 423 g/mol. The first-order chi connectivity index (χ1) is 14.2. The summed E-state index contributed by atoms with van der Waals surface area (Å²) in [4.78, 5) is 16.2. The Balaban J connectivity index is 1.33. The molecular formula is C20H21ClF3N3O3. The minimum absolute atomic E-state index is 0.125. The number of nitrogens with one attached hydrogen (secondary N) is 1. The van der Waals surface area contributed by atoms with Crippen molar-refractivity contribution in [2.24, 2.45) is 0 Å². The number of benzene rings is 1. The fourth-order valence-corrected chi connectivity index (χ4v) is 3.05. The SMILES string of the molecule is C=C(CCNC(=O)COC1CC(OC(F)(F)F)C1)n1cnc(-c2ccc(Cl)cc2)c1. The maximum Gasteiger partial charge on any atom is 0.522 e. The van der Waals surface area contributed by atoms with Gasteiger partial charge in [-0.25, -0.2) is 4.98 Å². The van der Waals surface area contributed by atoms with E-state index in [1.807, 2.05) is 18.3 Å². The van der Waals surface area contributed by atoms with Crippen LogP contribution in [0.25, 0.3) is 17.0 Å². The molecule has 2 aromatic rings. The van der Waals surface area contributed by atoms with Crippen LogP contribution >= 0.6 is 11.6 Å². The lowest BCUT2D eigenvalue weighted by Crippen LogP contribution is -2.42. The lowest BCUT2D eigenvalue weighted by atomic mass is 9.92. The highest BCUT2D eigenvalue weighted by Gasteiger charge is 2.40. The number of aromatic nitrogens is 2. The number of ether oxygens (including phenoxy) is 2. The van der Waals surface area contributed by atoms with Crippen molar-refractivity contribution < 1.29 is 27.4 Å². The Hall–Kier alpha value is -2.36. The van der Waals surface area contributed by atoms with Gasteiger partial charge >= 0.3 is 6.36 Å². The van der Waals surface area contributed by atoms with Crippen molar-refractivity contribution >= 4 is 23.2 Å². The van der Waals surface area contributed by atoms with Gasteiger partial charge < -0.3 is 14.6 Å². The van der Waals surface area contributed by atoms with Gasteiger partial charge in [0.15, 0.2) is 0 Å². The highest BCUT2D eigenvalue weighted by atomic mass is 35.5. The molecule has 0 spiro atoms. The molecule has 1 N–H and O–H groups in total. The van der Waals surface area contributed by atoms with Crippen molar-refractivity contribution in [1.29, 1.82) is 0 Å². The normalized spacial score (nSPS) is 18.7. The third kappa shape index (κ3) is 6.58. The monoisotopic (exact) mass is 443 g/mol. The number of nitrogens with zero attached hydrogens (tertiary/aromatic N) is 2. The largest absolute Gasteiger partial charge is 0.522 e. The Morgan fingerprint density at radius 2 is 1.97 bits per heavy atom. The van der Waals surface area contributed by atoms with E-state index in [0.29, 0.717) is 18.0 Å². The van der Waals surface area contributed by atoms with Crippen molar-refractivity contribution in [1.82, 2.24) is 14.9 Å². The Labute approximate surface area is 176 Å². The van der Waals surface area contributed by atoms with E-state index in [1.165, 1.54) is 0 Å². The van der Waals surface area contributed by atoms with Crippen LogP contribution in [0.2, 0.25) is 5.02 Å². The number of hydrogen-bond acceptors (Lipinski definition) is 4. The van der Waals surface area contributed by atoms with Crippen LogP contribution in [0.5, 0.6) is 0 Å². The van der Waals surface area contributed by atoms with E-state index in [9.17, 15) is 18.0 Å². The van der Waals surface area contributed by atoms with Crippen LogP contribution in [0.1, 0.15) is 19.3 Å². The summed E-state index contributed by atoms with van der Waals surface area (Å²) in [5.41, 5.74) is 2.45. The molecule has 0 aliphatic heterocycles. The van der Waals surface area contributed by atoms with Gasteiger partial charge in [0.1, 0.15) is 6.61 Å². The Bertz CT molecular complexity index is 877. The minimum atomic E-state index is -4.64. The number of carbonyl (C=O) groups excluding carboxylic acids is 1. The second-order valence-electron chi connectivity index (χ2n) is 6.93. The molecule has 0 atom stereocenters. The molecule has 0 bridgehead atoms. The average molecular weight is 444 g/mol. The molecule has 1 saturated carbocycles.